The highest BCUT2D eigenvalue weighted by Crippen LogP contribution is 2.29. The molecule has 3 aromatic rings. The largest absolute Gasteiger partial charge is 0.484 e. The number of hydrogen-bond donors (Lipinski definition) is 1. The first-order valence-corrected chi connectivity index (χ1v) is 13.1. The number of carbonyl (C=O) groups is 1. The highest BCUT2D eigenvalue weighted by Gasteiger charge is 2.20. The Hall–Kier alpha value is -2.81. The number of piperidine rings is 1. The first kappa shape index (κ1) is 24.3. The van der Waals surface area contributed by atoms with E-state index in [4.69, 9.17) is 14.7 Å². The summed E-state index contributed by atoms with van der Waals surface area (Å²) in [4.78, 5) is 24.2. The Balaban J connectivity index is 1.36. The number of carbonyl (C=O) groups excluding carboxylic acids is 1. The Bertz CT molecular complexity index is 1090. The van der Waals surface area contributed by atoms with E-state index in [0.29, 0.717) is 24.8 Å². The van der Waals surface area contributed by atoms with Gasteiger partial charge in [-0.05, 0) is 48.6 Å². The normalized spacial score (nSPS) is 14.1. The summed E-state index contributed by atoms with van der Waals surface area (Å²) in [5.74, 6) is 2.90. The zero-order chi connectivity index (χ0) is 23.9. The molecule has 0 aliphatic carbocycles. The third-order valence-electron chi connectivity index (χ3n) is 5.95. The Kier molecular flexibility index (Phi) is 8.26. The predicted molar refractivity (Wildman–Crippen MR) is 137 cm³/mol. The van der Waals surface area contributed by atoms with Crippen molar-refractivity contribution in [2.24, 2.45) is 0 Å². The molecule has 0 atom stereocenters. The van der Waals surface area contributed by atoms with Crippen LogP contribution in [0.2, 0.25) is 0 Å². The van der Waals surface area contributed by atoms with E-state index in [2.05, 4.69) is 36.1 Å². The number of rotatable bonds is 10. The molecule has 1 amide bonds. The molecule has 0 radical (unpaired) electrons. The molecule has 0 saturated carbocycles. The van der Waals surface area contributed by atoms with E-state index in [0.717, 1.165) is 40.9 Å². The topological polar surface area (TPSA) is 85.2 Å². The molecule has 1 aromatic carbocycles. The summed E-state index contributed by atoms with van der Waals surface area (Å²) >= 11 is 1.64. The van der Waals surface area contributed by atoms with Crippen LogP contribution in [0.3, 0.4) is 0 Å². The molecular weight excluding hydrogens is 448 g/mol. The predicted octanol–water partition coefficient (Wildman–Crippen LogP) is 4.25. The van der Waals surface area contributed by atoms with Gasteiger partial charge < -0.3 is 15.0 Å². The third kappa shape index (κ3) is 6.00. The van der Waals surface area contributed by atoms with Crippen molar-refractivity contribution in [2.45, 2.75) is 57.7 Å². The molecule has 1 saturated heterocycles. The van der Waals surface area contributed by atoms with Gasteiger partial charge in [-0.1, -0.05) is 44.7 Å². The Labute approximate surface area is 205 Å². The lowest BCUT2D eigenvalue weighted by molar-refractivity contribution is -0.123. The van der Waals surface area contributed by atoms with Crippen LogP contribution in [0.4, 0.5) is 5.82 Å². The Morgan fingerprint density at radius 2 is 1.91 bits per heavy atom. The lowest BCUT2D eigenvalue weighted by Crippen LogP contribution is -2.32. The first-order chi connectivity index (χ1) is 16.5. The minimum absolute atomic E-state index is 0.0144. The maximum absolute atomic E-state index is 12.3. The fourth-order valence-corrected chi connectivity index (χ4v) is 4.64. The molecule has 4 rings (SSSR count). The first-order valence-electron chi connectivity index (χ1n) is 12.2. The maximum atomic E-state index is 12.3. The average molecular weight is 483 g/mol. The van der Waals surface area contributed by atoms with E-state index in [1.54, 1.807) is 11.8 Å². The van der Waals surface area contributed by atoms with Crippen LogP contribution in [-0.2, 0) is 11.3 Å². The van der Waals surface area contributed by atoms with Crippen LogP contribution in [0.1, 0.15) is 51.5 Å². The van der Waals surface area contributed by atoms with Gasteiger partial charge in [0.25, 0.3) is 5.91 Å². The molecule has 1 fully saturated rings. The molecule has 3 heterocycles. The number of hydrogen-bond acceptors (Lipinski definition) is 7. The molecule has 9 heteroatoms. The number of benzene rings is 1. The quantitative estimate of drug-likeness (QED) is 0.342. The number of anilines is 1. The van der Waals surface area contributed by atoms with Crippen LogP contribution in [0.15, 0.2) is 35.6 Å². The molecule has 1 aliphatic rings. The zero-order valence-electron chi connectivity index (χ0n) is 20.3. The van der Waals surface area contributed by atoms with Crippen molar-refractivity contribution < 1.29 is 9.53 Å². The van der Waals surface area contributed by atoms with E-state index in [1.807, 2.05) is 35.1 Å². The zero-order valence-corrected chi connectivity index (χ0v) is 21.1. The van der Waals surface area contributed by atoms with E-state index < -0.39 is 0 Å². The summed E-state index contributed by atoms with van der Waals surface area (Å²) in [6, 6.07) is 7.88. The van der Waals surface area contributed by atoms with Gasteiger partial charge in [-0.2, -0.15) is 5.10 Å². The van der Waals surface area contributed by atoms with E-state index in [9.17, 15) is 4.79 Å². The monoisotopic (exact) mass is 482 g/mol. The average Bonchev–Trinajstić information content (AvgIpc) is 3.26. The van der Waals surface area contributed by atoms with Crippen LogP contribution in [0, 0.1) is 0 Å². The Morgan fingerprint density at radius 1 is 1.15 bits per heavy atom. The third-order valence-corrected chi connectivity index (χ3v) is 6.68. The smallest absolute Gasteiger partial charge is 0.258 e. The second-order valence-corrected chi connectivity index (χ2v) is 10.0. The molecular formula is C25H34N6O2S. The van der Waals surface area contributed by atoms with E-state index >= 15 is 0 Å². The summed E-state index contributed by atoms with van der Waals surface area (Å²) < 4.78 is 7.48. The van der Waals surface area contributed by atoms with Crippen molar-refractivity contribution in [3.05, 3.63) is 36.0 Å². The van der Waals surface area contributed by atoms with Crippen LogP contribution in [0.5, 0.6) is 5.75 Å². The van der Waals surface area contributed by atoms with Crippen molar-refractivity contribution in [1.82, 2.24) is 25.1 Å². The molecule has 2 aromatic heterocycles. The molecule has 182 valence electrons. The van der Waals surface area contributed by atoms with Crippen LogP contribution < -0.4 is 15.0 Å². The summed E-state index contributed by atoms with van der Waals surface area (Å²) in [7, 11) is 0. The second kappa shape index (κ2) is 11.6. The number of ether oxygens (including phenoxy) is 1. The van der Waals surface area contributed by atoms with Crippen LogP contribution in [-0.4, -0.2) is 57.6 Å². The van der Waals surface area contributed by atoms with Crippen molar-refractivity contribution in [3.8, 4) is 5.75 Å². The standard InChI is InChI=1S/C25H34N6O2S/c1-4-34-25-28-23(30-13-6-5-7-14-30)21-16-27-31(24(21)29-25)15-12-26-22(32)17-33-20-10-8-19(9-11-20)18(2)3/h8-11,16,18H,4-7,12-15,17H2,1-3H3,(H,26,32). The van der Waals surface area contributed by atoms with Gasteiger partial charge in [0.05, 0.1) is 18.1 Å². The van der Waals surface area contributed by atoms with Crippen LogP contribution >= 0.6 is 11.8 Å². The number of amides is 1. The van der Waals surface area contributed by atoms with Crippen molar-refractivity contribution >= 4 is 34.5 Å². The van der Waals surface area contributed by atoms with Gasteiger partial charge >= 0.3 is 0 Å². The molecule has 34 heavy (non-hydrogen) atoms. The van der Waals surface area contributed by atoms with Gasteiger partial charge in [-0.25, -0.2) is 14.6 Å². The molecule has 0 spiro atoms. The van der Waals surface area contributed by atoms with Gasteiger partial charge in [-0.15, -0.1) is 0 Å². The molecule has 0 bridgehead atoms. The van der Waals surface area contributed by atoms with E-state index in [1.165, 1.54) is 24.8 Å². The minimum atomic E-state index is -0.157. The van der Waals surface area contributed by atoms with Gasteiger partial charge in [0, 0.05) is 19.6 Å². The SMILES string of the molecule is CCSc1nc(N2CCCCC2)c2cnn(CCNC(=O)COc3ccc(C(C)C)cc3)c2n1. The lowest BCUT2D eigenvalue weighted by Gasteiger charge is -2.28. The van der Waals surface area contributed by atoms with E-state index in [-0.39, 0.29) is 12.5 Å². The van der Waals surface area contributed by atoms with Gasteiger partial charge in [0.15, 0.2) is 17.4 Å². The number of aromatic nitrogens is 4. The number of nitrogens with one attached hydrogen (secondary N) is 1. The van der Waals surface area contributed by atoms with Gasteiger partial charge in [-0.3, -0.25) is 4.79 Å². The summed E-state index contributed by atoms with van der Waals surface area (Å²) in [5, 5.41) is 9.23. The van der Waals surface area contributed by atoms with Crippen molar-refractivity contribution in [1.29, 1.82) is 0 Å². The highest BCUT2D eigenvalue weighted by atomic mass is 32.2. The van der Waals surface area contributed by atoms with Crippen molar-refractivity contribution in [3.63, 3.8) is 0 Å². The molecule has 0 unspecified atom stereocenters. The highest BCUT2D eigenvalue weighted by molar-refractivity contribution is 7.99. The van der Waals surface area contributed by atoms with Gasteiger partial charge in [0.1, 0.15) is 11.6 Å². The summed E-state index contributed by atoms with van der Waals surface area (Å²) in [6.45, 7) is 9.40. The van der Waals surface area contributed by atoms with Crippen LogP contribution in [0.25, 0.3) is 11.0 Å². The number of thioether (sulfide) groups is 1. The molecule has 1 N–H and O–H groups in total. The minimum Gasteiger partial charge on any atom is -0.484 e. The number of nitrogens with zero attached hydrogens (tertiary/aromatic N) is 5. The lowest BCUT2D eigenvalue weighted by atomic mass is 10.0. The second-order valence-electron chi connectivity index (χ2n) is 8.78. The molecule has 8 nitrogen and oxygen atoms in total. The van der Waals surface area contributed by atoms with Crippen molar-refractivity contribution in [2.75, 3.05) is 36.9 Å². The summed E-state index contributed by atoms with van der Waals surface area (Å²) in [5.41, 5.74) is 2.07. The van der Waals surface area contributed by atoms with Gasteiger partial charge in [0.2, 0.25) is 0 Å². The summed E-state index contributed by atoms with van der Waals surface area (Å²) in [6.07, 6.45) is 5.50. The molecule has 1 aliphatic heterocycles. The number of fused-ring (bicyclic) bond motifs is 1. The maximum Gasteiger partial charge on any atom is 0.258 e. The fourth-order valence-electron chi connectivity index (χ4n) is 4.08. The fraction of sp³-hybridized carbons (Fsp3) is 0.520. The Morgan fingerprint density at radius 3 is 2.62 bits per heavy atom.